The third kappa shape index (κ3) is 4.06. The summed E-state index contributed by atoms with van der Waals surface area (Å²) in [5.74, 6) is 0. The number of aromatic nitrogens is 4. The quantitative estimate of drug-likeness (QED) is 0.780. The highest BCUT2D eigenvalue weighted by molar-refractivity contribution is 7.15. The minimum absolute atomic E-state index is 0.136. The molecule has 8 heteroatoms. The average molecular weight is 343 g/mol. The van der Waals surface area contributed by atoms with Crippen molar-refractivity contribution in [3.63, 3.8) is 0 Å². The predicted octanol–water partition coefficient (Wildman–Crippen LogP) is 4.17. The fourth-order valence-electron chi connectivity index (χ4n) is 1.32. The molecule has 0 unspecified atom stereocenters. The maximum Gasteiger partial charge on any atom is 0.242 e. The van der Waals surface area contributed by atoms with Gasteiger partial charge in [0.1, 0.15) is 10.7 Å². The van der Waals surface area contributed by atoms with Crippen molar-refractivity contribution in [1.29, 1.82) is 0 Å². The lowest BCUT2D eigenvalue weighted by atomic mass is 10.2. The van der Waals surface area contributed by atoms with Gasteiger partial charge >= 0.3 is 0 Å². The van der Waals surface area contributed by atoms with Crippen molar-refractivity contribution in [2.75, 3.05) is 0 Å². The van der Waals surface area contributed by atoms with Crippen LogP contribution in [0.25, 0.3) is 10.7 Å². The fourth-order valence-corrected chi connectivity index (χ4v) is 3.24. The Bertz CT molecular complexity index is 609. The molecule has 0 aliphatic heterocycles. The summed E-state index contributed by atoms with van der Waals surface area (Å²) in [5.41, 5.74) is 0.628. The van der Waals surface area contributed by atoms with Crippen molar-refractivity contribution in [3.05, 3.63) is 22.6 Å². The maximum atomic E-state index is 6.18. The Hall–Kier alpha value is -0.893. The highest BCUT2D eigenvalue weighted by Gasteiger charge is 2.37. The minimum atomic E-state index is -1.74. The van der Waals surface area contributed by atoms with Crippen molar-refractivity contribution in [2.45, 2.75) is 45.5 Å². The molecule has 21 heavy (non-hydrogen) atoms. The van der Waals surface area contributed by atoms with E-state index in [-0.39, 0.29) is 10.3 Å². The Morgan fingerprint density at radius 3 is 2.48 bits per heavy atom. The molecule has 0 saturated carbocycles. The molecule has 0 fully saturated rings. The van der Waals surface area contributed by atoms with Gasteiger partial charge in [0.25, 0.3) is 0 Å². The van der Waals surface area contributed by atoms with Crippen LogP contribution in [0.5, 0.6) is 0 Å². The largest absolute Gasteiger partial charge is 0.412 e. The number of thiazole rings is 1. The Morgan fingerprint density at radius 2 is 1.90 bits per heavy atom. The first-order valence-corrected chi connectivity index (χ1v) is 10.7. The summed E-state index contributed by atoms with van der Waals surface area (Å²) >= 11 is 7.17. The first kappa shape index (κ1) is 16.5. The third-order valence-electron chi connectivity index (χ3n) is 3.69. The van der Waals surface area contributed by atoms with Crippen LogP contribution in [-0.2, 0) is 11.0 Å². The molecule has 0 spiro atoms. The van der Waals surface area contributed by atoms with Gasteiger partial charge in [-0.2, -0.15) is 0 Å². The first-order valence-electron chi connectivity index (χ1n) is 6.63. The van der Waals surface area contributed by atoms with Gasteiger partial charge < -0.3 is 4.43 Å². The van der Waals surface area contributed by atoms with Crippen LogP contribution in [0.15, 0.2) is 12.4 Å². The number of halogens is 1. The zero-order chi connectivity index (χ0) is 15.7. The Kier molecular flexibility index (Phi) is 4.77. The molecule has 0 saturated heterocycles. The smallest absolute Gasteiger partial charge is 0.242 e. The highest BCUT2D eigenvalue weighted by atomic mass is 35.5. The standard InChI is InChI=1S/C13H19ClN4OSSi/c1-13(2,3)21(4,5)19-8-9-6-15-11(20-9)10-7-16-12(14)18-17-10/h6-7H,8H2,1-5H3. The topological polar surface area (TPSA) is 60.8 Å². The van der Waals surface area contributed by atoms with E-state index in [1.54, 1.807) is 17.5 Å². The van der Waals surface area contributed by atoms with E-state index in [1.807, 2.05) is 6.20 Å². The van der Waals surface area contributed by atoms with Gasteiger partial charge in [-0.05, 0) is 29.7 Å². The van der Waals surface area contributed by atoms with Crippen LogP contribution >= 0.6 is 22.9 Å². The maximum absolute atomic E-state index is 6.18. The van der Waals surface area contributed by atoms with Crippen LogP contribution < -0.4 is 0 Å². The lowest BCUT2D eigenvalue weighted by molar-refractivity contribution is 0.279. The molecule has 5 nitrogen and oxygen atoms in total. The van der Waals surface area contributed by atoms with Crippen molar-refractivity contribution < 1.29 is 4.43 Å². The SMILES string of the molecule is CC(C)(C)[Si](C)(C)OCc1cnc(-c2cnc(Cl)nn2)s1. The second kappa shape index (κ2) is 6.08. The number of hydrogen-bond donors (Lipinski definition) is 0. The van der Waals surface area contributed by atoms with Crippen molar-refractivity contribution in [1.82, 2.24) is 20.2 Å². The summed E-state index contributed by atoms with van der Waals surface area (Å²) < 4.78 is 6.18. The Morgan fingerprint density at radius 1 is 1.19 bits per heavy atom. The second-order valence-corrected chi connectivity index (χ2v) is 12.6. The average Bonchev–Trinajstić information content (AvgIpc) is 2.85. The monoisotopic (exact) mass is 342 g/mol. The lowest BCUT2D eigenvalue weighted by Crippen LogP contribution is -2.40. The zero-order valence-electron chi connectivity index (χ0n) is 12.8. The molecule has 0 N–H and O–H groups in total. The van der Waals surface area contributed by atoms with E-state index in [0.717, 1.165) is 9.88 Å². The van der Waals surface area contributed by atoms with Crippen molar-refractivity contribution in [2.24, 2.45) is 0 Å². The van der Waals surface area contributed by atoms with E-state index in [4.69, 9.17) is 16.0 Å². The van der Waals surface area contributed by atoms with Crippen LogP contribution in [0.3, 0.4) is 0 Å². The molecule has 0 atom stereocenters. The summed E-state index contributed by atoms with van der Waals surface area (Å²) in [5, 5.41) is 8.82. The third-order valence-corrected chi connectivity index (χ3v) is 9.33. The summed E-state index contributed by atoms with van der Waals surface area (Å²) in [4.78, 5) is 9.34. The van der Waals surface area contributed by atoms with Crippen LogP contribution in [0.1, 0.15) is 25.6 Å². The van der Waals surface area contributed by atoms with Crippen LogP contribution in [0.4, 0.5) is 0 Å². The van der Waals surface area contributed by atoms with E-state index >= 15 is 0 Å². The minimum Gasteiger partial charge on any atom is -0.412 e. The second-order valence-electron chi connectivity index (χ2n) is 6.29. The van der Waals surface area contributed by atoms with E-state index in [9.17, 15) is 0 Å². The lowest BCUT2D eigenvalue weighted by Gasteiger charge is -2.35. The molecule has 2 rings (SSSR count). The van der Waals surface area contributed by atoms with E-state index < -0.39 is 8.32 Å². The van der Waals surface area contributed by atoms with Crippen LogP contribution in [0.2, 0.25) is 23.4 Å². The summed E-state index contributed by atoms with van der Waals surface area (Å²) in [6, 6.07) is 0. The molecule has 2 aromatic heterocycles. The predicted molar refractivity (Wildman–Crippen MR) is 87.9 cm³/mol. The van der Waals surface area contributed by atoms with Gasteiger partial charge in [0.15, 0.2) is 8.32 Å². The zero-order valence-corrected chi connectivity index (χ0v) is 15.4. The van der Waals surface area contributed by atoms with Crippen LogP contribution in [-0.4, -0.2) is 28.5 Å². The van der Waals surface area contributed by atoms with Crippen LogP contribution in [0, 0.1) is 0 Å². The normalized spacial score (nSPS) is 12.7. The summed E-state index contributed by atoms with van der Waals surface area (Å²) in [7, 11) is -1.74. The fraction of sp³-hybridized carbons (Fsp3) is 0.538. The van der Waals surface area contributed by atoms with Gasteiger partial charge in [0.05, 0.1) is 12.8 Å². The summed E-state index contributed by atoms with van der Waals surface area (Å²) in [6.07, 6.45) is 3.40. The molecule has 114 valence electrons. The molecule has 2 heterocycles. The van der Waals surface area contributed by atoms with Gasteiger partial charge in [-0.15, -0.1) is 21.5 Å². The van der Waals surface area contributed by atoms with Gasteiger partial charge in [0.2, 0.25) is 5.28 Å². The number of hydrogen-bond acceptors (Lipinski definition) is 6. The Balaban J connectivity index is 2.06. The van der Waals surface area contributed by atoms with E-state index in [1.165, 1.54) is 0 Å². The highest BCUT2D eigenvalue weighted by Crippen LogP contribution is 2.37. The Labute approximate surface area is 134 Å². The van der Waals surface area contributed by atoms with E-state index in [0.29, 0.717) is 12.3 Å². The number of rotatable bonds is 4. The molecule has 0 aliphatic carbocycles. The molecule has 0 bridgehead atoms. The van der Waals surface area contributed by atoms with Crippen molar-refractivity contribution in [3.8, 4) is 10.7 Å². The summed E-state index contributed by atoms with van der Waals surface area (Å²) in [6.45, 7) is 11.8. The van der Waals surface area contributed by atoms with E-state index in [2.05, 4.69) is 54.0 Å². The van der Waals surface area contributed by atoms with Gasteiger partial charge in [-0.1, -0.05) is 20.8 Å². The first-order chi connectivity index (χ1) is 9.69. The van der Waals surface area contributed by atoms with Gasteiger partial charge in [0, 0.05) is 11.1 Å². The molecule has 0 aromatic carbocycles. The van der Waals surface area contributed by atoms with Gasteiger partial charge in [-0.3, -0.25) is 0 Å². The molecular weight excluding hydrogens is 324 g/mol. The molecular formula is C13H19ClN4OSSi. The van der Waals surface area contributed by atoms with Crippen molar-refractivity contribution >= 4 is 31.3 Å². The van der Waals surface area contributed by atoms with Gasteiger partial charge in [-0.25, -0.2) is 9.97 Å². The molecule has 0 radical (unpaired) electrons. The molecule has 0 amide bonds. The molecule has 0 aliphatic rings. The number of nitrogens with zero attached hydrogens (tertiary/aromatic N) is 4. The molecule has 2 aromatic rings.